The maximum absolute atomic E-state index is 12.0. The second kappa shape index (κ2) is 9.34. The fourth-order valence-electron chi connectivity index (χ4n) is 2.79. The summed E-state index contributed by atoms with van der Waals surface area (Å²) in [6.07, 6.45) is 2.64. The van der Waals surface area contributed by atoms with Crippen LogP contribution in [0.25, 0.3) is 0 Å². The highest BCUT2D eigenvalue weighted by molar-refractivity contribution is 9.13. The van der Waals surface area contributed by atoms with Gasteiger partial charge >= 0.3 is 5.97 Å². The molecule has 1 aromatic rings. The second-order valence-corrected chi connectivity index (χ2v) is 8.45. The molecule has 4 nitrogen and oxygen atoms in total. The average Bonchev–Trinajstić information content (AvgIpc) is 2.79. The normalized spacial score (nSPS) is 21.2. The van der Waals surface area contributed by atoms with Crippen molar-refractivity contribution in [2.45, 2.75) is 38.4 Å². The van der Waals surface area contributed by atoms with Crippen LogP contribution < -0.4 is 4.74 Å². The molecule has 1 aromatic carbocycles. The zero-order chi connectivity index (χ0) is 17.7. The molecular formula is C17H22Br2O4S. The molecule has 1 saturated heterocycles. The van der Waals surface area contributed by atoms with Crippen LogP contribution in [0.15, 0.2) is 15.0 Å². The molecule has 0 radical (unpaired) electrons. The molecule has 1 aliphatic rings. The molecule has 1 N–H and O–H groups in total. The Morgan fingerprint density at radius 2 is 2.08 bits per heavy atom. The van der Waals surface area contributed by atoms with Crippen molar-refractivity contribution in [3.05, 3.63) is 20.6 Å². The van der Waals surface area contributed by atoms with E-state index >= 15 is 0 Å². The molecule has 0 aromatic heterocycles. The van der Waals surface area contributed by atoms with Gasteiger partial charge in [-0.3, -0.25) is 4.79 Å². The molecule has 7 heteroatoms. The maximum Gasteiger partial charge on any atom is 0.309 e. The fourth-order valence-corrected chi connectivity index (χ4v) is 5.44. The van der Waals surface area contributed by atoms with Gasteiger partial charge in [-0.25, -0.2) is 0 Å². The van der Waals surface area contributed by atoms with Crippen molar-refractivity contribution in [1.29, 1.82) is 0 Å². The van der Waals surface area contributed by atoms with Gasteiger partial charge in [0.2, 0.25) is 0 Å². The Bertz CT molecular complexity index is 594. The molecule has 134 valence electrons. The van der Waals surface area contributed by atoms with Crippen LogP contribution in [0.3, 0.4) is 0 Å². The number of hydrogen-bond acceptors (Lipinski definition) is 5. The first-order chi connectivity index (χ1) is 11.5. The van der Waals surface area contributed by atoms with E-state index in [1.54, 1.807) is 17.8 Å². The van der Waals surface area contributed by atoms with Crippen molar-refractivity contribution >= 4 is 49.6 Å². The van der Waals surface area contributed by atoms with Crippen molar-refractivity contribution in [2.24, 2.45) is 5.92 Å². The van der Waals surface area contributed by atoms with Crippen molar-refractivity contribution in [3.63, 3.8) is 0 Å². The van der Waals surface area contributed by atoms with Crippen LogP contribution in [0, 0.1) is 5.92 Å². The van der Waals surface area contributed by atoms with Gasteiger partial charge < -0.3 is 14.6 Å². The summed E-state index contributed by atoms with van der Waals surface area (Å²) < 4.78 is 12.4. The number of esters is 1. The predicted molar refractivity (Wildman–Crippen MR) is 104 cm³/mol. The fraction of sp³-hybridized carbons (Fsp3) is 0.588. The van der Waals surface area contributed by atoms with Crippen molar-refractivity contribution in [1.82, 2.24) is 0 Å². The molecule has 0 spiro atoms. The first-order valence-corrected chi connectivity index (χ1v) is 10.7. The van der Waals surface area contributed by atoms with Crippen molar-refractivity contribution < 1.29 is 19.4 Å². The lowest BCUT2D eigenvalue weighted by Gasteiger charge is -2.20. The maximum atomic E-state index is 12.0. The summed E-state index contributed by atoms with van der Waals surface area (Å²) in [5.41, 5.74) is 0.835. The smallest absolute Gasteiger partial charge is 0.309 e. The molecule has 0 amide bonds. The van der Waals surface area contributed by atoms with Crippen LogP contribution in [-0.2, 0) is 9.53 Å². The van der Waals surface area contributed by atoms with E-state index in [4.69, 9.17) is 9.47 Å². The highest BCUT2D eigenvalue weighted by Crippen LogP contribution is 2.50. The summed E-state index contributed by atoms with van der Waals surface area (Å²) in [5, 5.41) is 10.8. The molecule has 2 rings (SSSR count). The molecule has 1 aliphatic heterocycles. The number of rotatable bonds is 5. The summed E-state index contributed by atoms with van der Waals surface area (Å²) in [7, 11) is 0. The third kappa shape index (κ3) is 4.61. The zero-order valence-electron chi connectivity index (χ0n) is 13.8. The first kappa shape index (κ1) is 19.9. The molecule has 0 bridgehead atoms. The number of carbonyl (C=O) groups is 1. The van der Waals surface area contributed by atoms with E-state index in [2.05, 4.69) is 31.9 Å². The molecule has 24 heavy (non-hydrogen) atoms. The Hall–Kier alpha value is -0.400. The summed E-state index contributed by atoms with van der Waals surface area (Å²) in [6.45, 7) is 4.62. The second-order valence-electron chi connectivity index (χ2n) is 5.57. The van der Waals surface area contributed by atoms with E-state index in [1.807, 2.05) is 13.8 Å². The van der Waals surface area contributed by atoms with E-state index in [1.165, 1.54) is 0 Å². The number of phenols is 1. The number of hydrogen-bond donors (Lipinski definition) is 1. The monoisotopic (exact) mass is 480 g/mol. The molecule has 1 fully saturated rings. The highest BCUT2D eigenvalue weighted by atomic mass is 79.9. The molecule has 1 heterocycles. The number of benzene rings is 1. The summed E-state index contributed by atoms with van der Waals surface area (Å²) in [5.74, 6) is 1.18. The Labute approximate surface area is 163 Å². The minimum absolute atomic E-state index is 0.0700. The largest absolute Gasteiger partial charge is 0.504 e. The van der Waals surface area contributed by atoms with Crippen LogP contribution in [0.4, 0.5) is 0 Å². The van der Waals surface area contributed by atoms with Gasteiger partial charge in [0.05, 0.1) is 19.1 Å². The van der Waals surface area contributed by atoms with Crippen LogP contribution >= 0.6 is 43.6 Å². The average molecular weight is 482 g/mol. The molecular weight excluding hydrogens is 460 g/mol. The number of ether oxygens (including phenoxy) is 2. The number of thioether (sulfide) groups is 1. The Kier molecular flexibility index (Phi) is 7.75. The molecule has 0 aliphatic carbocycles. The minimum atomic E-state index is -0.113. The number of halogens is 2. The third-order valence-electron chi connectivity index (χ3n) is 3.95. The van der Waals surface area contributed by atoms with Gasteiger partial charge in [0.1, 0.15) is 0 Å². The summed E-state index contributed by atoms with van der Waals surface area (Å²) in [6, 6.07) is 1.77. The Morgan fingerprint density at radius 3 is 2.75 bits per heavy atom. The summed E-state index contributed by atoms with van der Waals surface area (Å²) >= 11 is 8.80. The number of carbonyl (C=O) groups excluding carboxylic acids is 1. The van der Waals surface area contributed by atoms with Gasteiger partial charge in [-0.1, -0.05) is 6.42 Å². The van der Waals surface area contributed by atoms with Gasteiger partial charge in [-0.05, 0) is 64.6 Å². The van der Waals surface area contributed by atoms with Crippen LogP contribution in [0.5, 0.6) is 11.5 Å². The zero-order valence-corrected chi connectivity index (χ0v) is 17.8. The molecule has 0 saturated carbocycles. The Balaban J connectivity index is 2.24. The first-order valence-electron chi connectivity index (χ1n) is 8.11. The van der Waals surface area contributed by atoms with Crippen LogP contribution in [0.1, 0.15) is 43.9 Å². The lowest BCUT2D eigenvalue weighted by Crippen LogP contribution is -2.19. The minimum Gasteiger partial charge on any atom is -0.504 e. The lowest BCUT2D eigenvalue weighted by molar-refractivity contribution is -0.147. The van der Waals surface area contributed by atoms with Crippen molar-refractivity contribution in [2.75, 3.05) is 19.0 Å². The van der Waals surface area contributed by atoms with Crippen LogP contribution in [0.2, 0.25) is 0 Å². The van der Waals surface area contributed by atoms with Gasteiger partial charge in [-0.15, -0.1) is 0 Å². The van der Waals surface area contributed by atoms with Gasteiger partial charge in [0.15, 0.2) is 11.5 Å². The van der Waals surface area contributed by atoms with E-state index in [0.717, 1.165) is 33.8 Å². The summed E-state index contributed by atoms with van der Waals surface area (Å²) in [4.78, 5) is 12.0. The SMILES string of the molecule is CCOC(=O)C1CCCC(c2c(O)c(OCC)cc(Br)c2Br)SC1. The van der Waals surface area contributed by atoms with Gasteiger partial charge in [-0.2, -0.15) is 11.8 Å². The van der Waals surface area contributed by atoms with E-state index in [9.17, 15) is 9.90 Å². The van der Waals surface area contributed by atoms with Gasteiger partial charge in [0, 0.05) is 25.5 Å². The van der Waals surface area contributed by atoms with E-state index in [-0.39, 0.29) is 22.9 Å². The quantitative estimate of drug-likeness (QED) is 0.566. The molecule has 2 unspecified atom stereocenters. The number of phenolic OH excluding ortho intramolecular Hbond substituents is 1. The van der Waals surface area contributed by atoms with E-state index in [0.29, 0.717) is 24.7 Å². The number of aromatic hydroxyl groups is 1. The molecule has 2 atom stereocenters. The van der Waals surface area contributed by atoms with Crippen molar-refractivity contribution in [3.8, 4) is 11.5 Å². The Morgan fingerprint density at radius 1 is 1.33 bits per heavy atom. The van der Waals surface area contributed by atoms with E-state index < -0.39 is 0 Å². The standard InChI is InChI=1S/C17H22Br2O4S/c1-3-22-12-8-11(18)15(19)14(16(12)20)13-7-5-6-10(9-24-13)17(21)23-4-2/h8,10,13,20H,3-7,9H2,1-2H3. The van der Waals surface area contributed by atoms with Gasteiger partial charge in [0.25, 0.3) is 0 Å². The topological polar surface area (TPSA) is 55.8 Å². The van der Waals surface area contributed by atoms with Crippen LogP contribution in [-0.4, -0.2) is 30.0 Å². The predicted octanol–water partition coefficient (Wildman–Crippen LogP) is 5.45. The third-order valence-corrected chi connectivity index (χ3v) is 7.43. The highest BCUT2D eigenvalue weighted by Gasteiger charge is 2.30. The lowest BCUT2D eigenvalue weighted by atomic mass is 10.0.